The number of aliphatic imine (C=N–C) groups is 1. The van der Waals surface area contributed by atoms with E-state index < -0.39 is 9.84 Å². The molecule has 1 aromatic rings. The molecule has 0 spiro atoms. The molecule has 0 aliphatic rings. The number of hydrogen-bond acceptors (Lipinski definition) is 4. The summed E-state index contributed by atoms with van der Waals surface area (Å²) in [4.78, 5) is 4.26. The van der Waals surface area contributed by atoms with Gasteiger partial charge >= 0.3 is 0 Å². The predicted octanol–water partition coefficient (Wildman–Crippen LogP) is 2.91. The van der Waals surface area contributed by atoms with Gasteiger partial charge in [0.15, 0.2) is 5.96 Å². The van der Waals surface area contributed by atoms with Gasteiger partial charge in [0.25, 0.3) is 0 Å². The summed E-state index contributed by atoms with van der Waals surface area (Å²) in [6, 6.07) is 6.17. The van der Waals surface area contributed by atoms with Crippen molar-refractivity contribution >= 4 is 15.8 Å². The molecule has 0 atom stereocenters. The van der Waals surface area contributed by atoms with Crippen molar-refractivity contribution in [2.24, 2.45) is 10.4 Å². The molecule has 1 aromatic carbocycles. The van der Waals surface area contributed by atoms with Crippen molar-refractivity contribution in [2.75, 3.05) is 25.6 Å². The average Bonchev–Trinajstić information content (AvgIpc) is 2.54. The molecule has 0 saturated heterocycles. The van der Waals surface area contributed by atoms with E-state index in [1.165, 1.54) is 6.26 Å². The van der Waals surface area contributed by atoms with E-state index in [0.717, 1.165) is 16.9 Å². The summed E-state index contributed by atoms with van der Waals surface area (Å²) >= 11 is 0. The first-order chi connectivity index (χ1) is 12.4. The number of nitrogens with zero attached hydrogens (tertiary/aromatic N) is 1. The number of aryl methyl sites for hydroxylation is 1. The third-order valence-corrected chi connectivity index (χ3v) is 5.08. The summed E-state index contributed by atoms with van der Waals surface area (Å²) in [7, 11) is -1.23. The van der Waals surface area contributed by atoms with Gasteiger partial charge in [0, 0.05) is 32.0 Å². The molecule has 1 rings (SSSR count). The molecule has 27 heavy (non-hydrogen) atoms. The monoisotopic (exact) mass is 397 g/mol. The maximum absolute atomic E-state index is 11.4. The number of ether oxygens (including phenoxy) is 1. The number of benzene rings is 1. The Balaban J connectivity index is 2.65. The summed E-state index contributed by atoms with van der Waals surface area (Å²) in [6.07, 6.45) is 1.98. The minimum atomic E-state index is -2.95. The third-order valence-electron chi connectivity index (χ3n) is 4.14. The van der Waals surface area contributed by atoms with Gasteiger partial charge in [-0.05, 0) is 44.2 Å². The molecule has 0 aliphatic heterocycles. The smallest absolute Gasteiger partial charge is 0.191 e. The van der Waals surface area contributed by atoms with Crippen molar-refractivity contribution in [3.63, 3.8) is 0 Å². The van der Waals surface area contributed by atoms with Crippen molar-refractivity contribution in [1.82, 2.24) is 10.6 Å². The lowest BCUT2D eigenvalue weighted by Crippen LogP contribution is -2.42. The topological polar surface area (TPSA) is 79.8 Å². The van der Waals surface area contributed by atoms with Gasteiger partial charge in [-0.1, -0.05) is 26.0 Å². The standard InChI is InChI=1S/C20H35N3O3S/c1-15(2)26-18-12-16(3)8-9-17(18)13-22-19(21-6)23-14-20(4,5)10-11-27(7,24)25/h8-9,12,15H,10-11,13-14H2,1-7H3,(H2,21,22,23). The number of nitrogens with one attached hydrogen (secondary N) is 2. The Hall–Kier alpha value is -1.76. The second kappa shape index (κ2) is 9.97. The van der Waals surface area contributed by atoms with E-state index in [9.17, 15) is 8.42 Å². The van der Waals surface area contributed by atoms with Gasteiger partial charge in [-0.25, -0.2) is 8.42 Å². The Morgan fingerprint density at radius 1 is 1.26 bits per heavy atom. The lowest BCUT2D eigenvalue weighted by molar-refractivity contribution is 0.239. The minimum Gasteiger partial charge on any atom is -0.491 e. The Morgan fingerprint density at radius 3 is 2.48 bits per heavy atom. The van der Waals surface area contributed by atoms with Crippen molar-refractivity contribution in [3.8, 4) is 5.75 Å². The van der Waals surface area contributed by atoms with E-state index in [2.05, 4.69) is 27.8 Å². The predicted molar refractivity (Wildman–Crippen MR) is 113 cm³/mol. The lowest BCUT2D eigenvalue weighted by Gasteiger charge is -2.26. The zero-order chi connectivity index (χ0) is 20.7. The Bertz CT molecular complexity index is 741. The molecule has 0 bridgehead atoms. The number of rotatable bonds is 9. The SMILES string of the molecule is CN=C(NCc1ccc(C)cc1OC(C)C)NCC(C)(C)CCS(C)(=O)=O. The molecule has 0 unspecified atom stereocenters. The third kappa shape index (κ3) is 9.65. The van der Waals surface area contributed by atoms with Crippen molar-refractivity contribution in [2.45, 2.75) is 53.7 Å². The highest BCUT2D eigenvalue weighted by Crippen LogP contribution is 2.22. The molecule has 154 valence electrons. The highest BCUT2D eigenvalue weighted by Gasteiger charge is 2.20. The zero-order valence-electron chi connectivity index (χ0n) is 17.7. The van der Waals surface area contributed by atoms with Crippen LogP contribution in [-0.4, -0.2) is 46.1 Å². The van der Waals surface area contributed by atoms with E-state index in [4.69, 9.17) is 4.74 Å². The number of hydrogen-bond donors (Lipinski definition) is 2. The van der Waals surface area contributed by atoms with Gasteiger partial charge in [0.05, 0.1) is 11.9 Å². The molecule has 0 radical (unpaired) electrons. The van der Waals surface area contributed by atoms with Crippen LogP contribution >= 0.6 is 0 Å². The second-order valence-electron chi connectivity index (χ2n) is 8.10. The summed E-state index contributed by atoms with van der Waals surface area (Å²) in [5.74, 6) is 1.74. The highest BCUT2D eigenvalue weighted by molar-refractivity contribution is 7.90. The number of guanidine groups is 1. The average molecular weight is 398 g/mol. The van der Waals surface area contributed by atoms with Crippen LogP contribution in [0.5, 0.6) is 5.75 Å². The van der Waals surface area contributed by atoms with Crippen LogP contribution < -0.4 is 15.4 Å². The fourth-order valence-corrected chi connectivity index (χ4v) is 3.37. The molecule has 0 amide bonds. The molecule has 7 heteroatoms. The van der Waals surface area contributed by atoms with Crippen LogP contribution in [0.25, 0.3) is 0 Å². The van der Waals surface area contributed by atoms with Crippen molar-refractivity contribution in [3.05, 3.63) is 29.3 Å². The summed E-state index contributed by atoms with van der Waals surface area (Å²) < 4.78 is 28.7. The van der Waals surface area contributed by atoms with Crippen molar-refractivity contribution < 1.29 is 13.2 Å². The minimum absolute atomic E-state index is 0.110. The molecule has 0 fully saturated rings. The van der Waals surface area contributed by atoms with Gasteiger partial charge in [-0.3, -0.25) is 4.99 Å². The van der Waals surface area contributed by atoms with E-state index in [1.807, 2.05) is 40.7 Å². The Morgan fingerprint density at radius 2 is 1.93 bits per heavy atom. The molecule has 0 aromatic heterocycles. The van der Waals surface area contributed by atoms with E-state index in [-0.39, 0.29) is 17.3 Å². The summed E-state index contributed by atoms with van der Waals surface area (Å²) in [6.45, 7) is 11.4. The largest absolute Gasteiger partial charge is 0.491 e. The Labute approximate surface area is 164 Å². The maximum Gasteiger partial charge on any atom is 0.191 e. The molecule has 0 saturated carbocycles. The van der Waals surface area contributed by atoms with Crippen LogP contribution in [0, 0.1) is 12.3 Å². The molecule has 0 heterocycles. The molecular formula is C20H35N3O3S. The van der Waals surface area contributed by atoms with Gasteiger partial charge < -0.3 is 15.4 Å². The zero-order valence-corrected chi connectivity index (χ0v) is 18.5. The van der Waals surface area contributed by atoms with Gasteiger partial charge in [-0.2, -0.15) is 0 Å². The lowest BCUT2D eigenvalue weighted by atomic mass is 9.90. The molecule has 2 N–H and O–H groups in total. The fraction of sp³-hybridized carbons (Fsp3) is 0.650. The molecule has 6 nitrogen and oxygen atoms in total. The van der Waals surface area contributed by atoms with Crippen LogP contribution in [-0.2, 0) is 16.4 Å². The summed E-state index contributed by atoms with van der Waals surface area (Å²) in [5.41, 5.74) is 2.06. The van der Waals surface area contributed by atoms with Crippen LogP contribution in [0.1, 0.15) is 45.2 Å². The highest BCUT2D eigenvalue weighted by atomic mass is 32.2. The quantitative estimate of drug-likeness (QED) is 0.495. The Kier molecular flexibility index (Phi) is 8.59. The first kappa shape index (κ1) is 23.3. The fourth-order valence-electron chi connectivity index (χ4n) is 2.44. The van der Waals surface area contributed by atoms with E-state index in [0.29, 0.717) is 25.5 Å². The normalized spacial score (nSPS) is 13.0. The van der Waals surface area contributed by atoms with Crippen LogP contribution in [0.2, 0.25) is 0 Å². The second-order valence-corrected chi connectivity index (χ2v) is 10.4. The van der Waals surface area contributed by atoms with Gasteiger partial charge in [0.2, 0.25) is 0 Å². The van der Waals surface area contributed by atoms with Crippen LogP contribution in [0.4, 0.5) is 0 Å². The first-order valence-corrected chi connectivity index (χ1v) is 11.4. The van der Waals surface area contributed by atoms with Gasteiger partial charge in [0.1, 0.15) is 15.6 Å². The van der Waals surface area contributed by atoms with E-state index >= 15 is 0 Å². The van der Waals surface area contributed by atoms with Crippen LogP contribution in [0.3, 0.4) is 0 Å². The summed E-state index contributed by atoms with van der Waals surface area (Å²) in [5, 5.41) is 6.60. The van der Waals surface area contributed by atoms with E-state index in [1.54, 1.807) is 7.05 Å². The van der Waals surface area contributed by atoms with Gasteiger partial charge in [-0.15, -0.1) is 0 Å². The van der Waals surface area contributed by atoms with Crippen LogP contribution in [0.15, 0.2) is 23.2 Å². The maximum atomic E-state index is 11.4. The number of sulfone groups is 1. The molecular weight excluding hydrogens is 362 g/mol. The molecule has 0 aliphatic carbocycles. The van der Waals surface area contributed by atoms with Crippen molar-refractivity contribution in [1.29, 1.82) is 0 Å². The first-order valence-electron chi connectivity index (χ1n) is 9.30.